The molecule has 4 rings (SSSR count). The maximum absolute atomic E-state index is 13.9. The van der Waals surface area contributed by atoms with E-state index in [-0.39, 0.29) is 28.1 Å². The SMILES string of the molecule is O=C(Nc1cccc(C(=O)C2CC3(CNC3)C2)n1)c1ccc(Cl)cc1F. The molecule has 0 bridgehead atoms. The average Bonchev–Trinajstić information content (AvgIpc) is 2.52. The first-order chi connectivity index (χ1) is 12.5. The quantitative estimate of drug-likeness (QED) is 0.807. The molecule has 1 aliphatic heterocycles. The Balaban J connectivity index is 1.45. The number of hydrogen-bond donors (Lipinski definition) is 2. The van der Waals surface area contributed by atoms with Gasteiger partial charge in [0.1, 0.15) is 17.3 Å². The molecular formula is C19H17ClFN3O2. The molecular weight excluding hydrogens is 357 g/mol. The lowest BCUT2D eigenvalue weighted by atomic mass is 9.57. The monoisotopic (exact) mass is 373 g/mol. The van der Waals surface area contributed by atoms with Crippen molar-refractivity contribution in [2.75, 3.05) is 18.4 Å². The second-order valence-electron chi connectivity index (χ2n) is 7.06. The maximum Gasteiger partial charge on any atom is 0.259 e. The Labute approximate surface area is 155 Å². The van der Waals surface area contributed by atoms with Crippen molar-refractivity contribution < 1.29 is 14.0 Å². The van der Waals surface area contributed by atoms with Gasteiger partial charge in [-0.2, -0.15) is 0 Å². The summed E-state index contributed by atoms with van der Waals surface area (Å²) in [4.78, 5) is 29.1. The summed E-state index contributed by atoms with van der Waals surface area (Å²) < 4.78 is 13.9. The molecule has 0 radical (unpaired) electrons. The highest BCUT2D eigenvalue weighted by Crippen LogP contribution is 2.49. The summed E-state index contributed by atoms with van der Waals surface area (Å²) in [6.45, 7) is 1.96. The molecule has 2 heterocycles. The van der Waals surface area contributed by atoms with Crippen molar-refractivity contribution in [3.05, 3.63) is 58.5 Å². The number of carbonyl (C=O) groups is 2. The van der Waals surface area contributed by atoms with Crippen LogP contribution in [0.1, 0.15) is 33.7 Å². The van der Waals surface area contributed by atoms with Crippen LogP contribution in [0.15, 0.2) is 36.4 Å². The van der Waals surface area contributed by atoms with Crippen LogP contribution in [-0.2, 0) is 0 Å². The van der Waals surface area contributed by atoms with Gasteiger partial charge in [-0.05, 0) is 48.6 Å². The number of Topliss-reactive ketones (excluding diaryl/α,β-unsaturated/α-hetero) is 1. The molecule has 134 valence electrons. The van der Waals surface area contributed by atoms with Gasteiger partial charge in [0.15, 0.2) is 5.78 Å². The Morgan fingerprint density at radius 1 is 1.23 bits per heavy atom. The fourth-order valence-electron chi connectivity index (χ4n) is 3.65. The fourth-order valence-corrected chi connectivity index (χ4v) is 3.80. The molecule has 5 nitrogen and oxygen atoms in total. The lowest BCUT2D eigenvalue weighted by Crippen LogP contribution is -2.61. The molecule has 2 aliphatic rings. The van der Waals surface area contributed by atoms with Crippen LogP contribution in [0.5, 0.6) is 0 Å². The molecule has 0 unspecified atom stereocenters. The van der Waals surface area contributed by atoms with Crippen molar-refractivity contribution in [1.29, 1.82) is 0 Å². The highest BCUT2D eigenvalue weighted by Gasteiger charge is 2.51. The Bertz CT molecular complexity index is 890. The van der Waals surface area contributed by atoms with Gasteiger partial charge in [-0.15, -0.1) is 0 Å². The zero-order chi connectivity index (χ0) is 18.3. The summed E-state index contributed by atoms with van der Waals surface area (Å²) in [5.74, 6) is -1.15. The van der Waals surface area contributed by atoms with E-state index in [1.807, 2.05) is 0 Å². The normalized spacial score (nSPS) is 18.1. The van der Waals surface area contributed by atoms with Crippen molar-refractivity contribution in [2.45, 2.75) is 12.8 Å². The molecule has 1 saturated heterocycles. The molecule has 1 aromatic heterocycles. The van der Waals surface area contributed by atoms with Gasteiger partial charge in [0, 0.05) is 24.0 Å². The second kappa shape index (κ2) is 6.45. The number of amides is 1. The van der Waals surface area contributed by atoms with Crippen LogP contribution in [0.25, 0.3) is 0 Å². The third-order valence-electron chi connectivity index (χ3n) is 5.15. The Hall–Kier alpha value is -2.31. The van der Waals surface area contributed by atoms with Crippen LogP contribution in [-0.4, -0.2) is 29.8 Å². The number of nitrogens with zero attached hydrogens (tertiary/aromatic N) is 1. The first-order valence-electron chi connectivity index (χ1n) is 8.44. The third kappa shape index (κ3) is 3.10. The summed E-state index contributed by atoms with van der Waals surface area (Å²) in [6, 6.07) is 8.70. The van der Waals surface area contributed by atoms with Gasteiger partial charge in [-0.3, -0.25) is 9.59 Å². The van der Waals surface area contributed by atoms with E-state index in [1.54, 1.807) is 18.2 Å². The maximum atomic E-state index is 13.9. The van der Waals surface area contributed by atoms with E-state index in [1.165, 1.54) is 12.1 Å². The van der Waals surface area contributed by atoms with E-state index in [0.29, 0.717) is 11.1 Å². The van der Waals surface area contributed by atoms with Gasteiger partial charge in [-0.25, -0.2) is 9.37 Å². The van der Waals surface area contributed by atoms with Crippen molar-refractivity contribution in [2.24, 2.45) is 11.3 Å². The molecule has 1 spiro atoms. The second-order valence-corrected chi connectivity index (χ2v) is 7.50. The van der Waals surface area contributed by atoms with Crippen LogP contribution >= 0.6 is 11.6 Å². The number of aromatic nitrogens is 1. The lowest BCUT2D eigenvalue weighted by Gasteiger charge is -2.53. The largest absolute Gasteiger partial charge is 0.316 e. The van der Waals surface area contributed by atoms with Gasteiger partial charge in [-0.1, -0.05) is 17.7 Å². The standard InChI is InChI=1S/C19H17ClFN3O2/c20-12-4-5-13(14(21)6-12)18(26)24-16-3-1-2-15(23-16)17(25)11-7-19(8-11)9-22-10-19/h1-6,11,22H,7-10H2,(H,23,24,26). The minimum Gasteiger partial charge on any atom is -0.316 e. The molecule has 1 aromatic carbocycles. The molecule has 2 fully saturated rings. The van der Waals surface area contributed by atoms with Crippen LogP contribution < -0.4 is 10.6 Å². The van der Waals surface area contributed by atoms with Gasteiger partial charge in [0.25, 0.3) is 5.91 Å². The lowest BCUT2D eigenvalue weighted by molar-refractivity contribution is 0.00584. The van der Waals surface area contributed by atoms with E-state index in [2.05, 4.69) is 15.6 Å². The summed E-state index contributed by atoms with van der Waals surface area (Å²) >= 11 is 5.70. The number of halogens is 2. The zero-order valence-electron chi connectivity index (χ0n) is 13.9. The summed E-state index contributed by atoms with van der Waals surface area (Å²) in [5.41, 5.74) is 0.496. The number of rotatable bonds is 4. The zero-order valence-corrected chi connectivity index (χ0v) is 14.6. The van der Waals surface area contributed by atoms with Crippen LogP contribution in [0.4, 0.5) is 10.2 Å². The van der Waals surface area contributed by atoms with Crippen molar-refractivity contribution >= 4 is 29.1 Å². The highest BCUT2D eigenvalue weighted by atomic mass is 35.5. The number of ketones is 1. The Kier molecular flexibility index (Phi) is 4.25. The van der Waals surface area contributed by atoms with E-state index < -0.39 is 11.7 Å². The minimum atomic E-state index is -0.712. The topological polar surface area (TPSA) is 71.1 Å². The average molecular weight is 374 g/mol. The molecule has 2 aromatic rings. The highest BCUT2D eigenvalue weighted by molar-refractivity contribution is 6.30. The van der Waals surface area contributed by atoms with Crippen LogP contribution in [0.2, 0.25) is 5.02 Å². The van der Waals surface area contributed by atoms with Gasteiger partial charge < -0.3 is 10.6 Å². The molecule has 1 amide bonds. The predicted molar refractivity (Wildman–Crippen MR) is 96.0 cm³/mol. The Morgan fingerprint density at radius 2 is 2.00 bits per heavy atom. The van der Waals surface area contributed by atoms with Crippen LogP contribution in [0, 0.1) is 17.2 Å². The summed E-state index contributed by atoms with van der Waals surface area (Å²) in [6.07, 6.45) is 1.76. The molecule has 0 atom stereocenters. The predicted octanol–water partition coefficient (Wildman–Crippen LogP) is 3.31. The van der Waals surface area contributed by atoms with E-state index in [4.69, 9.17) is 11.6 Å². The molecule has 1 saturated carbocycles. The summed E-state index contributed by atoms with van der Waals surface area (Å²) in [5, 5.41) is 5.99. The third-order valence-corrected chi connectivity index (χ3v) is 5.38. The number of benzene rings is 1. The smallest absolute Gasteiger partial charge is 0.259 e. The first kappa shape index (κ1) is 17.1. The van der Waals surface area contributed by atoms with Crippen molar-refractivity contribution in [1.82, 2.24) is 10.3 Å². The van der Waals surface area contributed by atoms with Crippen LogP contribution in [0.3, 0.4) is 0 Å². The van der Waals surface area contributed by atoms with Gasteiger partial charge in [0.2, 0.25) is 0 Å². The summed E-state index contributed by atoms with van der Waals surface area (Å²) in [7, 11) is 0. The number of anilines is 1. The Morgan fingerprint density at radius 3 is 2.65 bits per heavy atom. The number of pyridine rings is 1. The fraction of sp³-hybridized carbons (Fsp3) is 0.316. The molecule has 1 aliphatic carbocycles. The molecule has 2 N–H and O–H groups in total. The van der Waals surface area contributed by atoms with Crippen molar-refractivity contribution in [3.63, 3.8) is 0 Å². The molecule has 26 heavy (non-hydrogen) atoms. The van der Waals surface area contributed by atoms with Gasteiger partial charge in [0.05, 0.1) is 5.56 Å². The number of nitrogens with one attached hydrogen (secondary N) is 2. The van der Waals surface area contributed by atoms with E-state index in [0.717, 1.165) is 32.0 Å². The minimum absolute atomic E-state index is 0.00343. The number of hydrogen-bond acceptors (Lipinski definition) is 4. The van der Waals surface area contributed by atoms with Gasteiger partial charge >= 0.3 is 0 Å². The van der Waals surface area contributed by atoms with E-state index >= 15 is 0 Å². The molecule has 7 heteroatoms. The number of carbonyl (C=O) groups excluding carboxylic acids is 2. The first-order valence-corrected chi connectivity index (χ1v) is 8.82. The van der Waals surface area contributed by atoms with E-state index in [9.17, 15) is 14.0 Å². The van der Waals surface area contributed by atoms with Crippen molar-refractivity contribution in [3.8, 4) is 0 Å².